The second-order valence-corrected chi connectivity index (χ2v) is 5.16. The number of anilines is 1. The summed E-state index contributed by atoms with van der Waals surface area (Å²) in [6, 6.07) is 7.06. The smallest absolute Gasteiger partial charge is 0.142 e. The molecule has 17 heavy (non-hydrogen) atoms. The normalized spacial score (nSPS) is 26.6. The highest BCUT2D eigenvalue weighted by Crippen LogP contribution is 2.43. The minimum atomic E-state index is 0.641. The van der Waals surface area contributed by atoms with Gasteiger partial charge in [0, 0.05) is 12.6 Å². The van der Waals surface area contributed by atoms with E-state index in [9.17, 15) is 0 Å². The Morgan fingerprint density at radius 3 is 3.06 bits per heavy atom. The van der Waals surface area contributed by atoms with Gasteiger partial charge < -0.3 is 15.4 Å². The Balaban J connectivity index is 1.96. The summed E-state index contributed by atoms with van der Waals surface area (Å²) in [7, 11) is 1.76. The number of para-hydroxylation sites is 1. The molecule has 0 aromatic heterocycles. The van der Waals surface area contributed by atoms with Crippen molar-refractivity contribution in [2.24, 2.45) is 11.7 Å². The molecule has 3 heteroatoms. The molecular formula is C14H20N2O. The number of piperidine rings is 1. The van der Waals surface area contributed by atoms with E-state index >= 15 is 0 Å². The largest absolute Gasteiger partial charge is 0.495 e. The summed E-state index contributed by atoms with van der Waals surface area (Å²) in [4.78, 5) is 2.52. The van der Waals surface area contributed by atoms with Crippen LogP contribution in [0.15, 0.2) is 18.2 Å². The monoisotopic (exact) mass is 232 g/mol. The quantitative estimate of drug-likeness (QED) is 0.845. The average molecular weight is 232 g/mol. The van der Waals surface area contributed by atoms with Crippen molar-refractivity contribution in [3.63, 3.8) is 0 Å². The molecule has 2 N–H and O–H groups in total. The molecule has 0 radical (unpaired) electrons. The van der Waals surface area contributed by atoms with E-state index in [4.69, 9.17) is 10.5 Å². The summed E-state index contributed by atoms with van der Waals surface area (Å²) in [6.07, 6.45) is 3.71. The van der Waals surface area contributed by atoms with Crippen molar-refractivity contribution >= 4 is 5.69 Å². The van der Waals surface area contributed by atoms with Crippen molar-refractivity contribution in [1.82, 2.24) is 0 Å². The molecule has 2 aliphatic heterocycles. The van der Waals surface area contributed by atoms with Gasteiger partial charge in [-0.15, -0.1) is 0 Å². The van der Waals surface area contributed by atoms with Crippen molar-refractivity contribution in [3.05, 3.63) is 23.8 Å². The Labute approximate surface area is 103 Å². The van der Waals surface area contributed by atoms with Crippen LogP contribution in [0.1, 0.15) is 18.4 Å². The van der Waals surface area contributed by atoms with E-state index in [1.54, 1.807) is 7.11 Å². The number of methoxy groups -OCH3 is 1. The fourth-order valence-electron chi connectivity index (χ4n) is 3.26. The maximum Gasteiger partial charge on any atom is 0.142 e. The van der Waals surface area contributed by atoms with E-state index in [-0.39, 0.29) is 0 Å². The van der Waals surface area contributed by atoms with Crippen LogP contribution in [0.5, 0.6) is 5.75 Å². The maximum atomic E-state index is 5.82. The second-order valence-electron chi connectivity index (χ2n) is 5.16. The van der Waals surface area contributed by atoms with Crippen LogP contribution in [-0.2, 0) is 6.42 Å². The van der Waals surface area contributed by atoms with Gasteiger partial charge in [0.1, 0.15) is 5.75 Å². The Morgan fingerprint density at radius 2 is 2.29 bits per heavy atom. The van der Waals surface area contributed by atoms with Crippen molar-refractivity contribution in [1.29, 1.82) is 0 Å². The van der Waals surface area contributed by atoms with Gasteiger partial charge in [-0.2, -0.15) is 0 Å². The third-order valence-corrected chi connectivity index (χ3v) is 4.18. The zero-order valence-corrected chi connectivity index (χ0v) is 10.4. The molecule has 2 aliphatic rings. The van der Waals surface area contributed by atoms with Gasteiger partial charge >= 0.3 is 0 Å². The van der Waals surface area contributed by atoms with Crippen molar-refractivity contribution in [2.45, 2.75) is 25.3 Å². The molecule has 1 saturated heterocycles. The molecule has 3 rings (SSSR count). The molecule has 1 fully saturated rings. The third-order valence-electron chi connectivity index (χ3n) is 4.18. The minimum absolute atomic E-state index is 0.641. The molecule has 2 heterocycles. The highest BCUT2D eigenvalue weighted by Gasteiger charge is 2.36. The fourth-order valence-corrected chi connectivity index (χ4v) is 3.26. The summed E-state index contributed by atoms with van der Waals surface area (Å²) in [5, 5.41) is 0. The number of hydrogen-bond donors (Lipinski definition) is 1. The molecule has 3 nitrogen and oxygen atoms in total. The molecule has 0 aliphatic carbocycles. The van der Waals surface area contributed by atoms with Gasteiger partial charge in [0.15, 0.2) is 0 Å². The van der Waals surface area contributed by atoms with Crippen LogP contribution in [0.4, 0.5) is 5.69 Å². The standard InChI is InChI=1S/C14H20N2O/c1-17-13-4-2-3-11-7-12-6-5-10(8-15)9-16(12)14(11)13/h2-4,10,12H,5-9,15H2,1H3. The van der Waals surface area contributed by atoms with Crippen LogP contribution >= 0.6 is 0 Å². The first-order valence-corrected chi connectivity index (χ1v) is 6.46. The Hall–Kier alpha value is -1.22. The molecule has 1 aromatic carbocycles. The van der Waals surface area contributed by atoms with Gasteiger partial charge in [0.25, 0.3) is 0 Å². The maximum absolute atomic E-state index is 5.82. The minimum Gasteiger partial charge on any atom is -0.495 e. The first-order valence-electron chi connectivity index (χ1n) is 6.46. The number of rotatable bonds is 2. The van der Waals surface area contributed by atoms with Crippen LogP contribution < -0.4 is 15.4 Å². The Kier molecular flexibility index (Phi) is 2.71. The summed E-state index contributed by atoms with van der Waals surface area (Å²) in [5.41, 5.74) is 8.57. The van der Waals surface area contributed by atoms with E-state index < -0.39 is 0 Å². The number of nitrogens with zero attached hydrogens (tertiary/aromatic N) is 1. The summed E-state index contributed by atoms with van der Waals surface area (Å²) in [6.45, 7) is 1.89. The topological polar surface area (TPSA) is 38.5 Å². The van der Waals surface area contributed by atoms with Gasteiger partial charge in [-0.1, -0.05) is 12.1 Å². The number of fused-ring (bicyclic) bond motifs is 3. The van der Waals surface area contributed by atoms with Gasteiger partial charge in [-0.25, -0.2) is 0 Å². The van der Waals surface area contributed by atoms with Gasteiger partial charge in [0.2, 0.25) is 0 Å². The molecule has 1 aromatic rings. The van der Waals surface area contributed by atoms with Crippen LogP contribution in [0.3, 0.4) is 0 Å². The van der Waals surface area contributed by atoms with E-state index in [0.29, 0.717) is 12.0 Å². The SMILES string of the molecule is COc1cccc2c1N1CC(CN)CCC1C2. The molecule has 0 amide bonds. The van der Waals surface area contributed by atoms with Crippen molar-refractivity contribution in [2.75, 3.05) is 25.1 Å². The first-order chi connectivity index (χ1) is 8.33. The van der Waals surface area contributed by atoms with E-state index in [1.165, 1.54) is 30.5 Å². The third kappa shape index (κ3) is 1.69. The van der Waals surface area contributed by atoms with Gasteiger partial charge in [0.05, 0.1) is 12.8 Å². The zero-order chi connectivity index (χ0) is 11.8. The summed E-state index contributed by atoms with van der Waals surface area (Å²) >= 11 is 0. The average Bonchev–Trinajstić information content (AvgIpc) is 2.75. The summed E-state index contributed by atoms with van der Waals surface area (Å²) < 4.78 is 5.50. The predicted octanol–water partition coefficient (Wildman–Crippen LogP) is 1.79. The number of benzene rings is 1. The Morgan fingerprint density at radius 1 is 1.41 bits per heavy atom. The van der Waals surface area contributed by atoms with Crippen molar-refractivity contribution < 1.29 is 4.74 Å². The number of ether oxygens (including phenoxy) is 1. The molecular weight excluding hydrogens is 212 g/mol. The number of hydrogen-bond acceptors (Lipinski definition) is 3. The molecule has 2 atom stereocenters. The van der Waals surface area contributed by atoms with Crippen LogP contribution in [0.2, 0.25) is 0 Å². The molecule has 0 bridgehead atoms. The lowest BCUT2D eigenvalue weighted by Crippen LogP contribution is -2.43. The lowest BCUT2D eigenvalue weighted by atomic mass is 9.93. The van der Waals surface area contributed by atoms with E-state index in [0.717, 1.165) is 18.8 Å². The molecule has 92 valence electrons. The van der Waals surface area contributed by atoms with E-state index in [2.05, 4.69) is 23.1 Å². The van der Waals surface area contributed by atoms with Gasteiger partial charge in [-0.3, -0.25) is 0 Å². The highest BCUT2D eigenvalue weighted by molar-refractivity contribution is 5.68. The molecule has 0 spiro atoms. The Bertz CT molecular complexity index is 419. The number of nitrogens with two attached hydrogens (primary N) is 1. The lowest BCUT2D eigenvalue weighted by Gasteiger charge is -2.37. The molecule has 0 saturated carbocycles. The molecule has 2 unspecified atom stereocenters. The first kappa shape index (κ1) is 10.9. The predicted molar refractivity (Wildman–Crippen MR) is 69.6 cm³/mol. The lowest BCUT2D eigenvalue weighted by molar-refractivity contribution is 0.366. The fraction of sp³-hybridized carbons (Fsp3) is 0.571. The zero-order valence-electron chi connectivity index (χ0n) is 10.4. The van der Waals surface area contributed by atoms with E-state index in [1.807, 2.05) is 0 Å². The van der Waals surface area contributed by atoms with Crippen molar-refractivity contribution in [3.8, 4) is 5.75 Å². The van der Waals surface area contributed by atoms with Crippen LogP contribution in [0, 0.1) is 5.92 Å². The van der Waals surface area contributed by atoms with Crippen LogP contribution in [-0.4, -0.2) is 26.2 Å². The second kappa shape index (κ2) is 4.22. The van der Waals surface area contributed by atoms with Gasteiger partial charge in [-0.05, 0) is 43.4 Å². The highest BCUT2D eigenvalue weighted by atomic mass is 16.5. The summed E-state index contributed by atoms with van der Waals surface area (Å²) in [5.74, 6) is 1.66. The van der Waals surface area contributed by atoms with Crippen LogP contribution in [0.25, 0.3) is 0 Å².